The van der Waals surface area contributed by atoms with Crippen LogP contribution in [0.4, 0.5) is 8.78 Å². The second-order valence-corrected chi connectivity index (χ2v) is 11.7. The SMILES string of the molecule is CC(C)(C)c1cc2[c-]c(c1)C(C)(C)c1[c-]c(c(F)cc1F)C(C)(C)c1cccc(n1)-c1cccc-2n1.[Pt+2]. The number of halogens is 2. The minimum atomic E-state index is -0.859. The molecule has 192 valence electrons. The topological polar surface area (TPSA) is 25.8 Å². The maximum absolute atomic E-state index is 15.5. The molecule has 4 aromatic rings. The van der Waals surface area contributed by atoms with Crippen LogP contribution in [0.5, 0.6) is 0 Å². The van der Waals surface area contributed by atoms with Crippen molar-refractivity contribution >= 4 is 0 Å². The van der Waals surface area contributed by atoms with Crippen LogP contribution in [0, 0.1) is 23.8 Å². The zero-order chi connectivity index (χ0) is 26.0. The average molecular weight is 676 g/mol. The maximum Gasteiger partial charge on any atom is 2.00 e. The summed E-state index contributed by atoms with van der Waals surface area (Å²) < 4.78 is 30.8. The number of aromatic nitrogens is 2. The summed E-state index contributed by atoms with van der Waals surface area (Å²) in [6, 6.07) is 23.4. The minimum Gasteiger partial charge on any atom is -0.295 e. The molecule has 0 fully saturated rings. The maximum atomic E-state index is 15.5. The van der Waals surface area contributed by atoms with Crippen LogP contribution in [0.2, 0.25) is 0 Å². The second-order valence-electron chi connectivity index (χ2n) is 11.7. The molecule has 0 saturated heterocycles. The van der Waals surface area contributed by atoms with Crippen molar-refractivity contribution in [1.29, 1.82) is 0 Å². The summed E-state index contributed by atoms with van der Waals surface area (Å²) in [4.78, 5) is 9.82. The van der Waals surface area contributed by atoms with Gasteiger partial charge in [-0.15, -0.1) is 52.1 Å². The summed E-state index contributed by atoms with van der Waals surface area (Å²) in [7, 11) is 0. The minimum absolute atomic E-state index is 0. The number of hydrogen-bond donors (Lipinski definition) is 0. The van der Waals surface area contributed by atoms with Gasteiger partial charge >= 0.3 is 21.1 Å². The van der Waals surface area contributed by atoms with Gasteiger partial charge in [-0.05, 0) is 34.7 Å². The zero-order valence-corrected chi connectivity index (χ0v) is 24.4. The molecule has 0 amide bonds. The van der Waals surface area contributed by atoms with Crippen molar-refractivity contribution in [3.05, 3.63) is 106 Å². The molecular formula is C32H30F2N2Pt. The van der Waals surface area contributed by atoms with Crippen molar-refractivity contribution in [2.75, 3.05) is 0 Å². The fourth-order valence-electron chi connectivity index (χ4n) is 4.80. The normalized spacial score (nSPS) is 15.4. The van der Waals surface area contributed by atoms with E-state index in [4.69, 9.17) is 9.97 Å². The molecular weight excluding hydrogens is 645 g/mol. The Labute approximate surface area is 232 Å². The van der Waals surface area contributed by atoms with Crippen LogP contribution in [-0.2, 0) is 37.3 Å². The third-order valence-corrected chi connectivity index (χ3v) is 7.32. The fourth-order valence-corrected chi connectivity index (χ4v) is 4.80. The molecule has 1 aliphatic rings. The van der Waals surface area contributed by atoms with Crippen molar-refractivity contribution in [1.82, 2.24) is 9.97 Å². The van der Waals surface area contributed by atoms with E-state index in [9.17, 15) is 0 Å². The van der Waals surface area contributed by atoms with Gasteiger partial charge in [-0.1, -0.05) is 66.7 Å². The van der Waals surface area contributed by atoms with Crippen LogP contribution in [0.1, 0.15) is 76.4 Å². The first-order chi connectivity index (χ1) is 16.8. The van der Waals surface area contributed by atoms with E-state index in [-0.39, 0.29) is 32.0 Å². The number of nitrogens with zero attached hydrogens (tertiary/aromatic N) is 2. The Morgan fingerprint density at radius 2 is 1.27 bits per heavy atom. The molecule has 1 aliphatic heterocycles. The standard InChI is InChI=1S/C32H30F2N2.Pt/c1-30(2,3)20-14-19-15-21(16-20)31(4,5)22-17-23(25(34)18-24(22)33)32(6,7)29-13-9-12-28(36-29)27-11-8-10-26(19)35-27;/h8-14,16,18H,1-7H3;/q-2;+2. The van der Waals surface area contributed by atoms with Gasteiger partial charge in [0.15, 0.2) is 0 Å². The Morgan fingerprint density at radius 3 is 1.92 bits per heavy atom. The Balaban J connectivity index is 0.00000320. The van der Waals surface area contributed by atoms with E-state index in [1.165, 1.54) is 0 Å². The molecule has 3 heterocycles. The number of hydrogen-bond acceptors (Lipinski definition) is 2. The van der Waals surface area contributed by atoms with Crippen LogP contribution in [-0.4, -0.2) is 9.97 Å². The number of pyridine rings is 2. The van der Waals surface area contributed by atoms with Gasteiger partial charge in [-0.2, -0.15) is 6.07 Å². The Bertz CT molecular complexity index is 1500. The van der Waals surface area contributed by atoms with E-state index in [0.29, 0.717) is 17.0 Å². The molecule has 5 heteroatoms. The largest absolute Gasteiger partial charge is 2.00 e. The molecule has 0 N–H and O–H groups in total. The smallest absolute Gasteiger partial charge is 0.295 e. The van der Waals surface area contributed by atoms with E-state index in [0.717, 1.165) is 34.1 Å². The van der Waals surface area contributed by atoms with Gasteiger partial charge in [0.25, 0.3) is 0 Å². The predicted octanol–water partition coefficient (Wildman–Crippen LogP) is 7.95. The van der Waals surface area contributed by atoms with E-state index >= 15 is 8.78 Å². The van der Waals surface area contributed by atoms with Crippen molar-refractivity contribution in [2.24, 2.45) is 0 Å². The van der Waals surface area contributed by atoms with Gasteiger partial charge in [0.05, 0.1) is 11.4 Å². The van der Waals surface area contributed by atoms with E-state index in [2.05, 4.69) is 45.0 Å². The predicted molar refractivity (Wildman–Crippen MR) is 140 cm³/mol. The summed E-state index contributed by atoms with van der Waals surface area (Å²) in [5.74, 6) is -1.26. The van der Waals surface area contributed by atoms with Crippen molar-refractivity contribution < 1.29 is 29.8 Å². The summed E-state index contributed by atoms with van der Waals surface area (Å²) in [5.41, 5.74) is 4.28. The molecule has 2 aromatic heterocycles. The van der Waals surface area contributed by atoms with Crippen molar-refractivity contribution in [3.8, 4) is 22.6 Å². The van der Waals surface area contributed by atoms with E-state index in [1.807, 2.05) is 64.1 Å². The molecule has 37 heavy (non-hydrogen) atoms. The molecule has 0 saturated carbocycles. The van der Waals surface area contributed by atoms with Gasteiger partial charge in [-0.3, -0.25) is 18.7 Å². The van der Waals surface area contributed by atoms with Gasteiger partial charge in [0.1, 0.15) is 0 Å². The van der Waals surface area contributed by atoms with Crippen molar-refractivity contribution in [3.63, 3.8) is 0 Å². The molecule has 0 atom stereocenters. The first-order valence-corrected chi connectivity index (χ1v) is 12.2. The third kappa shape index (κ3) is 4.70. The number of benzene rings is 2. The van der Waals surface area contributed by atoms with Crippen LogP contribution in [0.15, 0.2) is 54.6 Å². The summed E-state index contributed by atoms with van der Waals surface area (Å²) in [5, 5.41) is 0. The van der Waals surface area contributed by atoms with Gasteiger partial charge in [0.2, 0.25) is 0 Å². The molecule has 0 spiro atoms. The first-order valence-electron chi connectivity index (χ1n) is 12.2. The van der Waals surface area contributed by atoms with Crippen LogP contribution in [0.25, 0.3) is 22.6 Å². The molecule has 0 aliphatic carbocycles. The summed E-state index contributed by atoms with van der Waals surface area (Å²) >= 11 is 0. The molecule has 0 unspecified atom stereocenters. The second kappa shape index (κ2) is 9.24. The fraction of sp³-hybridized carbons (Fsp3) is 0.312. The van der Waals surface area contributed by atoms with Gasteiger partial charge in [-0.25, -0.2) is 0 Å². The van der Waals surface area contributed by atoms with Gasteiger partial charge < -0.3 is 0 Å². The monoisotopic (exact) mass is 675 g/mol. The van der Waals surface area contributed by atoms with E-state index < -0.39 is 22.5 Å². The number of rotatable bonds is 0. The number of fused-ring (bicyclic) bond motifs is 10. The Kier molecular flexibility index (Phi) is 6.82. The van der Waals surface area contributed by atoms with Gasteiger partial charge in [0, 0.05) is 22.7 Å². The molecule has 2 aromatic carbocycles. The molecule has 0 radical (unpaired) electrons. The van der Waals surface area contributed by atoms with Crippen LogP contribution >= 0.6 is 0 Å². The average Bonchev–Trinajstić information content (AvgIpc) is 2.82. The Morgan fingerprint density at radius 1 is 0.703 bits per heavy atom. The third-order valence-electron chi connectivity index (χ3n) is 7.32. The zero-order valence-electron chi connectivity index (χ0n) is 22.2. The summed E-state index contributed by atoms with van der Waals surface area (Å²) in [6.07, 6.45) is 0. The van der Waals surface area contributed by atoms with Crippen LogP contribution < -0.4 is 0 Å². The molecule has 8 bridgehead atoms. The quantitative estimate of drug-likeness (QED) is 0.177. The Hall–Kier alpha value is -2.71. The van der Waals surface area contributed by atoms with E-state index in [1.54, 1.807) is 0 Å². The first kappa shape index (κ1) is 27.3. The van der Waals surface area contributed by atoms with Crippen molar-refractivity contribution in [2.45, 2.75) is 64.7 Å². The molecule has 5 rings (SSSR count). The summed E-state index contributed by atoms with van der Waals surface area (Å²) in [6.45, 7) is 14.1. The molecule has 2 nitrogen and oxygen atoms in total. The van der Waals surface area contributed by atoms with Crippen LogP contribution in [0.3, 0.4) is 0 Å².